The lowest BCUT2D eigenvalue weighted by Gasteiger charge is -2.29. The summed E-state index contributed by atoms with van der Waals surface area (Å²) in [5.41, 5.74) is 1.12. The highest BCUT2D eigenvalue weighted by Gasteiger charge is 2.26. The van der Waals surface area contributed by atoms with E-state index in [1.807, 2.05) is 6.92 Å². The maximum absolute atomic E-state index is 13.3. The molecule has 0 saturated heterocycles. The fourth-order valence-electron chi connectivity index (χ4n) is 3.53. The Morgan fingerprint density at radius 3 is 2.43 bits per heavy atom. The number of amides is 2. The number of nitrogens with zero attached hydrogens (tertiary/aromatic N) is 2. The van der Waals surface area contributed by atoms with Gasteiger partial charge in [0.1, 0.15) is 17.6 Å². The first-order valence-corrected chi connectivity index (χ1v) is 13.3. The molecule has 8 nitrogen and oxygen atoms in total. The Bertz CT molecular complexity index is 1090. The topological polar surface area (TPSA) is 96.0 Å². The summed E-state index contributed by atoms with van der Waals surface area (Å²) in [7, 11) is -2.10. The molecule has 2 aromatic rings. The van der Waals surface area contributed by atoms with Crippen molar-refractivity contribution in [3.8, 4) is 5.75 Å². The maximum Gasteiger partial charge on any atom is 0.242 e. The van der Waals surface area contributed by atoms with Crippen molar-refractivity contribution in [2.45, 2.75) is 45.7 Å². The monoisotopic (exact) mass is 507 g/mol. The van der Waals surface area contributed by atoms with E-state index in [0.717, 1.165) is 12.7 Å². The van der Waals surface area contributed by atoms with Crippen LogP contribution in [0.2, 0.25) is 0 Å². The Hall–Kier alpha value is -3.14. The molecular weight excluding hydrogens is 473 g/mol. The summed E-state index contributed by atoms with van der Waals surface area (Å²) in [5, 5.41) is 2.80. The van der Waals surface area contributed by atoms with Gasteiger partial charge in [-0.15, -0.1) is 0 Å². The van der Waals surface area contributed by atoms with E-state index in [4.69, 9.17) is 4.74 Å². The van der Waals surface area contributed by atoms with Gasteiger partial charge in [-0.3, -0.25) is 13.9 Å². The number of carbonyl (C=O) groups is 2. The Balaban J connectivity index is 2.15. The molecule has 0 aliphatic rings. The van der Waals surface area contributed by atoms with Crippen molar-refractivity contribution in [2.24, 2.45) is 0 Å². The molecule has 0 spiro atoms. The van der Waals surface area contributed by atoms with Crippen molar-refractivity contribution in [1.29, 1.82) is 0 Å². The Kier molecular flexibility index (Phi) is 10.5. The molecule has 0 unspecified atom stereocenters. The minimum Gasteiger partial charge on any atom is -0.497 e. The third-order valence-electron chi connectivity index (χ3n) is 5.48. The first kappa shape index (κ1) is 28.1. The van der Waals surface area contributed by atoms with Gasteiger partial charge in [-0.1, -0.05) is 25.1 Å². The van der Waals surface area contributed by atoms with E-state index in [2.05, 4.69) is 5.32 Å². The van der Waals surface area contributed by atoms with Gasteiger partial charge in [-0.2, -0.15) is 0 Å². The molecule has 0 saturated carbocycles. The molecule has 1 N–H and O–H groups in total. The molecule has 0 fully saturated rings. The predicted molar refractivity (Wildman–Crippen MR) is 134 cm³/mol. The molecular formula is C25H34FN3O5S. The van der Waals surface area contributed by atoms with Crippen LogP contribution in [-0.4, -0.2) is 57.6 Å². The molecule has 2 rings (SSSR count). The van der Waals surface area contributed by atoms with Crippen LogP contribution < -0.4 is 14.4 Å². The second kappa shape index (κ2) is 13.1. The van der Waals surface area contributed by atoms with E-state index < -0.39 is 21.9 Å². The standard InChI is InChI=1S/C25H34FN3O5S/c1-5-15-27-25(31)19(2)28(18-20-11-13-21(26)14-12-20)24(30)10-7-16-29(35(4,32)33)22-8-6-9-23(17-22)34-3/h6,8-9,11-14,17,19H,5,7,10,15-16,18H2,1-4H3,(H,27,31)/t19-/m0/s1. The summed E-state index contributed by atoms with van der Waals surface area (Å²) in [6, 6.07) is 11.7. The van der Waals surface area contributed by atoms with Gasteiger partial charge in [0.2, 0.25) is 21.8 Å². The lowest BCUT2D eigenvalue weighted by atomic mass is 10.1. The van der Waals surface area contributed by atoms with Crippen LogP contribution in [0.3, 0.4) is 0 Å². The van der Waals surface area contributed by atoms with Crippen molar-refractivity contribution < 1.29 is 27.1 Å². The van der Waals surface area contributed by atoms with Gasteiger partial charge in [0.05, 0.1) is 19.1 Å². The molecule has 2 amide bonds. The van der Waals surface area contributed by atoms with E-state index in [0.29, 0.717) is 23.5 Å². The molecule has 0 radical (unpaired) electrons. The first-order valence-electron chi connectivity index (χ1n) is 11.5. The summed E-state index contributed by atoms with van der Waals surface area (Å²) >= 11 is 0. The average Bonchev–Trinajstić information content (AvgIpc) is 2.83. The lowest BCUT2D eigenvalue weighted by Crippen LogP contribution is -2.47. The average molecular weight is 508 g/mol. The fourth-order valence-corrected chi connectivity index (χ4v) is 4.49. The minimum absolute atomic E-state index is 0.0303. The predicted octanol–water partition coefficient (Wildman–Crippen LogP) is 3.32. The highest BCUT2D eigenvalue weighted by atomic mass is 32.2. The molecule has 0 aliphatic heterocycles. The summed E-state index contributed by atoms with van der Waals surface area (Å²) in [4.78, 5) is 27.2. The lowest BCUT2D eigenvalue weighted by molar-refractivity contribution is -0.140. The molecule has 0 aliphatic carbocycles. The number of rotatable bonds is 13. The number of carbonyl (C=O) groups excluding carboxylic acids is 2. The van der Waals surface area contributed by atoms with E-state index in [-0.39, 0.29) is 37.7 Å². The molecule has 10 heteroatoms. The minimum atomic E-state index is -3.60. The number of sulfonamides is 1. The molecule has 192 valence electrons. The number of nitrogens with one attached hydrogen (secondary N) is 1. The van der Waals surface area contributed by atoms with Crippen LogP contribution in [0, 0.1) is 5.82 Å². The normalized spacial score (nSPS) is 12.0. The van der Waals surface area contributed by atoms with Crippen LogP contribution in [0.25, 0.3) is 0 Å². The third kappa shape index (κ3) is 8.54. The molecule has 1 atom stereocenters. The number of benzene rings is 2. The maximum atomic E-state index is 13.3. The van der Waals surface area contributed by atoms with Crippen LogP contribution in [0.4, 0.5) is 10.1 Å². The van der Waals surface area contributed by atoms with Crippen molar-refractivity contribution >= 4 is 27.5 Å². The Morgan fingerprint density at radius 2 is 1.83 bits per heavy atom. The molecule has 0 heterocycles. The van der Waals surface area contributed by atoms with E-state index in [1.165, 1.54) is 28.4 Å². The van der Waals surface area contributed by atoms with Crippen LogP contribution >= 0.6 is 0 Å². The van der Waals surface area contributed by atoms with Gasteiger partial charge in [0.15, 0.2) is 0 Å². The summed E-state index contributed by atoms with van der Waals surface area (Å²) in [6.45, 7) is 4.28. The smallest absolute Gasteiger partial charge is 0.242 e. The Labute approximate surface area is 207 Å². The van der Waals surface area contributed by atoms with Gasteiger partial charge in [-0.05, 0) is 49.6 Å². The zero-order chi connectivity index (χ0) is 26.0. The van der Waals surface area contributed by atoms with Gasteiger partial charge >= 0.3 is 0 Å². The van der Waals surface area contributed by atoms with Crippen molar-refractivity contribution in [1.82, 2.24) is 10.2 Å². The van der Waals surface area contributed by atoms with Gasteiger partial charge in [0.25, 0.3) is 0 Å². The van der Waals surface area contributed by atoms with Crippen molar-refractivity contribution in [3.63, 3.8) is 0 Å². The number of methoxy groups -OCH3 is 1. The van der Waals surface area contributed by atoms with Gasteiger partial charge in [0, 0.05) is 32.1 Å². The molecule has 35 heavy (non-hydrogen) atoms. The van der Waals surface area contributed by atoms with Crippen molar-refractivity contribution in [3.05, 3.63) is 59.9 Å². The summed E-state index contributed by atoms with van der Waals surface area (Å²) in [5.74, 6) is -0.451. The second-order valence-corrected chi connectivity index (χ2v) is 10.2. The summed E-state index contributed by atoms with van der Waals surface area (Å²) < 4.78 is 44.6. The zero-order valence-electron chi connectivity index (χ0n) is 20.7. The quantitative estimate of drug-likeness (QED) is 0.449. The van der Waals surface area contributed by atoms with Crippen LogP contribution in [0.1, 0.15) is 38.7 Å². The van der Waals surface area contributed by atoms with Gasteiger partial charge in [-0.25, -0.2) is 12.8 Å². The number of hydrogen-bond acceptors (Lipinski definition) is 5. The van der Waals surface area contributed by atoms with Crippen molar-refractivity contribution in [2.75, 3.05) is 30.8 Å². The number of hydrogen-bond donors (Lipinski definition) is 1. The highest BCUT2D eigenvalue weighted by molar-refractivity contribution is 7.92. The van der Waals surface area contributed by atoms with Crippen LogP contribution in [-0.2, 0) is 26.2 Å². The Morgan fingerprint density at radius 1 is 1.14 bits per heavy atom. The molecule has 0 bridgehead atoms. The molecule has 0 aromatic heterocycles. The first-order chi connectivity index (χ1) is 16.6. The molecule has 2 aromatic carbocycles. The van der Waals surface area contributed by atoms with Crippen LogP contribution in [0.5, 0.6) is 5.75 Å². The number of anilines is 1. The van der Waals surface area contributed by atoms with Crippen LogP contribution in [0.15, 0.2) is 48.5 Å². The van der Waals surface area contributed by atoms with E-state index in [9.17, 15) is 22.4 Å². The van der Waals surface area contributed by atoms with E-state index in [1.54, 1.807) is 43.3 Å². The second-order valence-electron chi connectivity index (χ2n) is 8.26. The highest BCUT2D eigenvalue weighted by Crippen LogP contribution is 2.24. The third-order valence-corrected chi connectivity index (χ3v) is 6.67. The summed E-state index contributed by atoms with van der Waals surface area (Å²) in [6.07, 6.45) is 2.14. The fraction of sp³-hybridized carbons (Fsp3) is 0.440. The SMILES string of the molecule is CCCNC(=O)[C@H](C)N(Cc1ccc(F)cc1)C(=O)CCCN(c1cccc(OC)c1)S(C)(=O)=O. The largest absolute Gasteiger partial charge is 0.497 e. The van der Waals surface area contributed by atoms with E-state index >= 15 is 0 Å². The zero-order valence-corrected chi connectivity index (χ0v) is 21.5. The number of ether oxygens (including phenoxy) is 1. The van der Waals surface area contributed by atoms with Gasteiger partial charge < -0.3 is 15.0 Å². The number of halogens is 1.